The van der Waals surface area contributed by atoms with E-state index in [1.165, 1.54) is 6.08 Å². The number of aliphatic carboxylic acids is 1. The highest BCUT2D eigenvalue weighted by molar-refractivity contribution is 5.81. The van der Waals surface area contributed by atoms with Crippen molar-refractivity contribution >= 4 is 11.9 Å². The lowest BCUT2D eigenvalue weighted by Gasteiger charge is -1.93. The van der Waals surface area contributed by atoms with E-state index in [-0.39, 0.29) is 0 Å². The average molecular weight is 243 g/mol. The topological polar surface area (TPSA) is 89.6 Å². The maximum atomic E-state index is 10.6. The van der Waals surface area contributed by atoms with Crippen LogP contribution in [-0.4, -0.2) is 23.2 Å². The highest BCUT2D eigenvalue weighted by atomic mass is 19.4. The highest BCUT2D eigenvalue weighted by Gasteiger charge is 2.38. The predicted molar refractivity (Wildman–Crippen MR) is 47.9 cm³/mol. The summed E-state index contributed by atoms with van der Waals surface area (Å²) in [6, 6.07) is 0. The minimum absolute atomic E-state index is 0.351. The second-order valence-electron chi connectivity index (χ2n) is 2.84. The molecule has 0 fully saturated rings. The number of nitrogens with two attached hydrogens (primary N) is 1. The molecule has 0 aliphatic rings. The zero-order valence-electron chi connectivity index (χ0n) is 8.62. The molecule has 0 rings (SSSR count). The standard InChI is InChI=1S/C6H11NO2.C2HF3O2/c1-5(2)3-4-6(8)9-7;3-2(4,5)1(6)7/h3-5H,7H2,1-2H3;(H,6,7). The van der Waals surface area contributed by atoms with Gasteiger partial charge in [0, 0.05) is 6.08 Å². The van der Waals surface area contributed by atoms with E-state index in [4.69, 9.17) is 9.90 Å². The molecule has 0 aromatic rings. The summed E-state index contributed by atoms with van der Waals surface area (Å²) in [5.74, 6) is 1.64. The number of carbonyl (C=O) groups is 2. The Balaban J connectivity index is 0. The smallest absolute Gasteiger partial charge is 0.475 e. The summed E-state index contributed by atoms with van der Waals surface area (Å²) < 4.78 is 31.7. The Morgan fingerprint density at radius 3 is 1.94 bits per heavy atom. The fourth-order valence-electron chi connectivity index (χ4n) is 0.310. The average Bonchev–Trinajstić information content (AvgIpc) is 2.13. The summed E-state index contributed by atoms with van der Waals surface area (Å²) in [4.78, 5) is 23.1. The van der Waals surface area contributed by atoms with Crippen molar-refractivity contribution in [2.75, 3.05) is 0 Å². The molecule has 5 nitrogen and oxygen atoms in total. The maximum absolute atomic E-state index is 10.6. The van der Waals surface area contributed by atoms with Gasteiger partial charge in [0.2, 0.25) is 0 Å². The van der Waals surface area contributed by atoms with Crippen LogP contribution in [0.25, 0.3) is 0 Å². The molecule has 94 valence electrons. The van der Waals surface area contributed by atoms with Gasteiger partial charge in [-0.15, -0.1) is 0 Å². The zero-order valence-corrected chi connectivity index (χ0v) is 8.62. The van der Waals surface area contributed by atoms with Crippen LogP contribution in [0.15, 0.2) is 12.2 Å². The van der Waals surface area contributed by atoms with E-state index in [0.717, 1.165) is 0 Å². The SMILES string of the molecule is CC(C)C=CC(=O)ON.O=C(O)C(F)(F)F. The third kappa shape index (κ3) is 12.4. The van der Waals surface area contributed by atoms with Crippen LogP contribution < -0.4 is 5.90 Å². The number of rotatable bonds is 2. The van der Waals surface area contributed by atoms with E-state index in [0.29, 0.717) is 5.92 Å². The Morgan fingerprint density at radius 1 is 1.38 bits per heavy atom. The number of carbonyl (C=O) groups excluding carboxylic acids is 1. The molecule has 0 saturated carbocycles. The molecule has 0 bridgehead atoms. The first-order valence-corrected chi connectivity index (χ1v) is 4.00. The van der Waals surface area contributed by atoms with Crippen molar-refractivity contribution in [2.45, 2.75) is 20.0 Å². The first-order valence-electron chi connectivity index (χ1n) is 4.00. The summed E-state index contributed by atoms with van der Waals surface area (Å²) >= 11 is 0. The van der Waals surface area contributed by atoms with Crippen LogP contribution in [0.2, 0.25) is 0 Å². The number of carboxylic acid groups (broad SMARTS) is 1. The molecule has 0 unspecified atom stereocenters. The van der Waals surface area contributed by atoms with Crippen LogP contribution in [-0.2, 0) is 14.4 Å². The monoisotopic (exact) mass is 243 g/mol. The Bertz CT molecular complexity index is 260. The molecule has 0 aromatic heterocycles. The summed E-state index contributed by atoms with van der Waals surface area (Å²) in [5.41, 5.74) is 0. The molecule has 0 amide bonds. The van der Waals surface area contributed by atoms with Crippen molar-refractivity contribution < 1.29 is 32.7 Å². The van der Waals surface area contributed by atoms with Gasteiger partial charge in [-0.3, -0.25) is 0 Å². The second-order valence-corrected chi connectivity index (χ2v) is 2.84. The third-order valence-corrected chi connectivity index (χ3v) is 0.976. The number of halogens is 3. The van der Waals surface area contributed by atoms with Gasteiger partial charge in [-0.05, 0) is 5.92 Å². The molecule has 0 aromatic carbocycles. The number of hydrogen-bond acceptors (Lipinski definition) is 4. The Hall–Kier alpha value is -1.57. The molecule has 16 heavy (non-hydrogen) atoms. The van der Waals surface area contributed by atoms with Crippen molar-refractivity contribution in [3.8, 4) is 0 Å². The number of carboxylic acids is 1. The van der Waals surface area contributed by atoms with Gasteiger partial charge in [0.05, 0.1) is 0 Å². The van der Waals surface area contributed by atoms with Crippen molar-refractivity contribution in [1.29, 1.82) is 0 Å². The molecule has 3 N–H and O–H groups in total. The van der Waals surface area contributed by atoms with Crippen LogP contribution in [0, 0.1) is 5.92 Å². The van der Waals surface area contributed by atoms with E-state index in [1.807, 2.05) is 13.8 Å². The number of allylic oxidation sites excluding steroid dienone is 1. The Labute approximate surface area is 89.6 Å². The van der Waals surface area contributed by atoms with Gasteiger partial charge in [0.15, 0.2) is 0 Å². The third-order valence-electron chi connectivity index (χ3n) is 0.976. The molecular formula is C8H12F3NO4. The van der Waals surface area contributed by atoms with E-state index >= 15 is 0 Å². The minimum Gasteiger partial charge on any atom is -0.475 e. The lowest BCUT2D eigenvalue weighted by molar-refractivity contribution is -0.192. The van der Waals surface area contributed by atoms with Gasteiger partial charge in [-0.2, -0.15) is 19.1 Å². The van der Waals surface area contributed by atoms with Gasteiger partial charge >= 0.3 is 18.1 Å². The summed E-state index contributed by atoms with van der Waals surface area (Å²) in [5, 5.41) is 7.12. The van der Waals surface area contributed by atoms with Gasteiger partial charge in [0.1, 0.15) is 0 Å². The first kappa shape index (κ1) is 16.8. The highest BCUT2D eigenvalue weighted by Crippen LogP contribution is 2.13. The van der Waals surface area contributed by atoms with Gasteiger partial charge in [0.25, 0.3) is 0 Å². The predicted octanol–water partition coefficient (Wildman–Crippen LogP) is 1.25. The van der Waals surface area contributed by atoms with Crippen molar-refractivity contribution in [3.63, 3.8) is 0 Å². The lowest BCUT2D eigenvalue weighted by Crippen LogP contribution is -2.21. The molecule has 0 aliphatic heterocycles. The molecule has 0 aliphatic carbocycles. The van der Waals surface area contributed by atoms with Crippen LogP contribution in [0.4, 0.5) is 13.2 Å². The van der Waals surface area contributed by atoms with E-state index in [9.17, 15) is 18.0 Å². The zero-order chi connectivity index (χ0) is 13.4. The number of alkyl halides is 3. The Morgan fingerprint density at radius 2 is 1.75 bits per heavy atom. The fourth-order valence-corrected chi connectivity index (χ4v) is 0.310. The minimum atomic E-state index is -5.08. The van der Waals surface area contributed by atoms with Gasteiger partial charge in [-0.25, -0.2) is 9.59 Å². The summed E-state index contributed by atoms with van der Waals surface area (Å²) in [6.07, 6.45) is -2.06. The van der Waals surface area contributed by atoms with Crippen LogP contribution >= 0.6 is 0 Å². The van der Waals surface area contributed by atoms with E-state index < -0.39 is 18.1 Å². The Kier molecular flexibility index (Phi) is 8.09. The van der Waals surface area contributed by atoms with Crippen molar-refractivity contribution in [1.82, 2.24) is 0 Å². The van der Waals surface area contributed by atoms with Crippen LogP contribution in [0.5, 0.6) is 0 Å². The maximum Gasteiger partial charge on any atom is 0.490 e. The molecule has 0 radical (unpaired) electrons. The quantitative estimate of drug-likeness (QED) is 0.562. The van der Waals surface area contributed by atoms with E-state index in [1.54, 1.807) is 6.08 Å². The fraction of sp³-hybridized carbons (Fsp3) is 0.500. The number of hydrogen-bond donors (Lipinski definition) is 2. The molecule has 0 heterocycles. The molecule has 8 heteroatoms. The molecule has 0 spiro atoms. The second kappa shape index (κ2) is 7.69. The van der Waals surface area contributed by atoms with Gasteiger partial charge in [-0.1, -0.05) is 19.9 Å². The van der Waals surface area contributed by atoms with Gasteiger partial charge < -0.3 is 9.94 Å². The normalized spacial score (nSPS) is 10.9. The molecule has 0 atom stereocenters. The largest absolute Gasteiger partial charge is 0.490 e. The summed E-state index contributed by atoms with van der Waals surface area (Å²) in [7, 11) is 0. The lowest BCUT2D eigenvalue weighted by atomic mass is 10.2. The van der Waals surface area contributed by atoms with Crippen LogP contribution in [0.3, 0.4) is 0 Å². The first-order chi connectivity index (χ1) is 7.11. The molecule has 0 saturated heterocycles. The van der Waals surface area contributed by atoms with Crippen LogP contribution in [0.1, 0.15) is 13.8 Å². The van der Waals surface area contributed by atoms with Crippen molar-refractivity contribution in [3.05, 3.63) is 12.2 Å². The molecular weight excluding hydrogens is 231 g/mol. The summed E-state index contributed by atoms with van der Waals surface area (Å²) in [6.45, 7) is 3.92. The van der Waals surface area contributed by atoms with Crippen molar-refractivity contribution in [2.24, 2.45) is 11.8 Å². The van der Waals surface area contributed by atoms with E-state index in [2.05, 4.69) is 10.7 Å².